The summed E-state index contributed by atoms with van der Waals surface area (Å²) >= 11 is 1.36. The summed E-state index contributed by atoms with van der Waals surface area (Å²) < 4.78 is 13.6. The number of amides is 1. The van der Waals surface area contributed by atoms with Crippen LogP contribution in [0.3, 0.4) is 0 Å². The van der Waals surface area contributed by atoms with E-state index in [1.54, 1.807) is 14.2 Å². The average molecular weight is 394 g/mol. The van der Waals surface area contributed by atoms with Crippen LogP contribution in [0.5, 0.6) is 11.5 Å². The van der Waals surface area contributed by atoms with Gasteiger partial charge in [-0.05, 0) is 42.7 Å². The Morgan fingerprint density at radius 1 is 1.14 bits per heavy atom. The maximum atomic E-state index is 12.6. The lowest BCUT2D eigenvalue weighted by Crippen LogP contribution is -2.17. The van der Waals surface area contributed by atoms with E-state index in [1.165, 1.54) is 16.9 Å². The number of rotatable bonds is 5. The first-order chi connectivity index (χ1) is 13.5. The normalized spacial score (nSPS) is 11.5. The molecule has 0 aliphatic heterocycles. The molecule has 0 aliphatic rings. The molecule has 144 valence electrons. The van der Waals surface area contributed by atoms with Gasteiger partial charge in [0.15, 0.2) is 4.80 Å². The quantitative estimate of drug-likeness (QED) is 0.621. The van der Waals surface area contributed by atoms with E-state index in [4.69, 9.17) is 15.9 Å². The van der Waals surface area contributed by atoms with Gasteiger partial charge in [-0.1, -0.05) is 35.5 Å². The fourth-order valence-electron chi connectivity index (χ4n) is 3.01. The minimum Gasteiger partial charge on any atom is -0.495 e. The van der Waals surface area contributed by atoms with E-state index in [-0.39, 0.29) is 18.9 Å². The molecule has 1 amide bonds. The maximum Gasteiger partial charge on any atom is 0.252 e. The average Bonchev–Trinajstić information content (AvgIpc) is 3.02. The summed E-state index contributed by atoms with van der Waals surface area (Å²) in [5.74, 6) is 3.75. The summed E-state index contributed by atoms with van der Waals surface area (Å²) in [6, 6.07) is 9.66. The van der Waals surface area contributed by atoms with E-state index in [0.717, 1.165) is 21.3 Å². The number of nitrogens with zero attached hydrogens (tertiary/aromatic N) is 2. The number of carbonyl (C=O) groups excluding carboxylic acids is 1. The predicted octanol–water partition coefficient (Wildman–Crippen LogP) is 3.64. The van der Waals surface area contributed by atoms with Crippen molar-refractivity contribution in [3.63, 3.8) is 0 Å². The van der Waals surface area contributed by atoms with Gasteiger partial charge < -0.3 is 14.0 Å². The van der Waals surface area contributed by atoms with Crippen molar-refractivity contribution < 1.29 is 14.3 Å². The van der Waals surface area contributed by atoms with Crippen molar-refractivity contribution in [3.05, 3.63) is 51.8 Å². The van der Waals surface area contributed by atoms with Gasteiger partial charge in [0.25, 0.3) is 5.91 Å². The van der Waals surface area contributed by atoms with Crippen LogP contribution in [-0.4, -0.2) is 24.7 Å². The molecule has 28 heavy (non-hydrogen) atoms. The largest absolute Gasteiger partial charge is 0.495 e. The Morgan fingerprint density at radius 2 is 1.86 bits per heavy atom. The van der Waals surface area contributed by atoms with Gasteiger partial charge in [-0.15, -0.1) is 6.42 Å². The second-order valence-electron chi connectivity index (χ2n) is 6.42. The number of carbonyl (C=O) groups is 1. The van der Waals surface area contributed by atoms with Crippen molar-refractivity contribution in [3.8, 4) is 23.8 Å². The minimum atomic E-state index is -0.224. The Kier molecular flexibility index (Phi) is 5.86. The molecule has 0 radical (unpaired) electrons. The van der Waals surface area contributed by atoms with Gasteiger partial charge in [0.2, 0.25) is 0 Å². The monoisotopic (exact) mass is 394 g/mol. The van der Waals surface area contributed by atoms with Crippen LogP contribution >= 0.6 is 11.3 Å². The van der Waals surface area contributed by atoms with E-state index in [9.17, 15) is 4.79 Å². The van der Waals surface area contributed by atoms with Crippen molar-refractivity contribution >= 4 is 27.5 Å². The summed E-state index contributed by atoms with van der Waals surface area (Å²) in [6.45, 7) is 4.36. The molecule has 5 nitrogen and oxygen atoms in total. The highest BCUT2D eigenvalue weighted by Crippen LogP contribution is 2.35. The molecule has 2 aromatic carbocycles. The molecule has 1 aromatic heterocycles. The molecule has 0 atom stereocenters. The van der Waals surface area contributed by atoms with E-state index in [0.29, 0.717) is 16.3 Å². The number of thiazole rings is 1. The first-order valence-corrected chi connectivity index (χ1v) is 9.61. The smallest absolute Gasteiger partial charge is 0.252 e. The van der Waals surface area contributed by atoms with Crippen molar-refractivity contribution in [1.82, 2.24) is 4.57 Å². The molecule has 1 heterocycles. The number of terminal acetylenes is 1. The van der Waals surface area contributed by atoms with Crippen molar-refractivity contribution in [2.24, 2.45) is 4.99 Å². The standard InChI is InChI=1S/C22H22N2O3S/c1-6-11-24-20-17(26-4)9-10-18(27-5)21(20)28-22(24)23-19(25)13-16-8-7-14(2)15(3)12-16/h1,7-10,12H,11,13H2,2-5H3. The third kappa shape index (κ3) is 3.80. The molecule has 0 unspecified atom stereocenters. The fourth-order valence-corrected chi connectivity index (χ4v) is 4.17. The Morgan fingerprint density at radius 3 is 2.50 bits per heavy atom. The van der Waals surface area contributed by atoms with Crippen LogP contribution in [0.15, 0.2) is 35.3 Å². The van der Waals surface area contributed by atoms with Crippen LogP contribution in [0.2, 0.25) is 0 Å². The Labute approximate surface area is 168 Å². The number of benzene rings is 2. The maximum absolute atomic E-state index is 12.6. The third-order valence-electron chi connectivity index (χ3n) is 4.59. The van der Waals surface area contributed by atoms with Gasteiger partial charge in [-0.25, -0.2) is 0 Å². The molecule has 0 bridgehead atoms. The summed E-state index contributed by atoms with van der Waals surface area (Å²) in [5.41, 5.74) is 4.08. The number of fused-ring (bicyclic) bond motifs is 1. The van der Waals surface area contributed by atoms with Crippen LogP contribution in [0.25, 0.3) is 10.2 Å². The van der Waals surface area contributed by atoms with E-state index in [1.807, 2.05) is 48.7 Å². The highest BCUT2D eigenvalue weighted by molar-refractivity contribution is 7.16. The van der Waals surface area contributed by atoms with Gasteiger partial charge in [0, 0.05) is 0 Å². The molecule has 0 aliphatic carbocycles. The van der Waals surface area contributed by atoms with Crippen molar-refractivity contribution in [2.45, 2.75) is 26.8 Å². The summed E-state index contributed by atoms with van der Waals surface area (Å²) in [5, 5.41) is 0. The summed E-state index contributed by atoms with van der Waals surface area (Å²) in [6.07, 6.45) is 5.80. The molecule has 0 saturated carbocycles. The molecule has 3 rings (SSSR count). The number of hydrogen-bond donors (Lipinski definition) is 0. The zero-order valence-corrected chi connectivity index (χ0v) is 17.2. The SMILES string of the molecule is C#CCn1c(=NC(=O)Cc2ccc(C)c(C)c2)sc2c(OC)ccc(OC)c21. The van der Waals surface area contributed by atoms with Gasteiger partial charge in [0.1, 0.15) is 21.7 Å². The second kappa shape index (κ2) is 8.32. The predicted molar refractivity (Wildman–Crippen MR) is 112 cm³/mol. The van der Waals surface area contributed by atoms with Crippen molar-refractivity contribution in [2.75, 3.05) is 14.2 Å². The minimum absolute atomic E-state index is 0.224. The third-order valence-corrected chi connectivity index (χ3v) is 5.68. The van der Waals surface area contributed by atoms with E-state index < -0.39 is 0 Å². The van der Waals surface area contributed by atoms with Gasteiger partial charge >= 0.3 is 0 Å². The zero-order valence-electron chi connectivity index (χ0n) is 16.4. The van der Waals surface area contributed by atoms with Gasteiger partial charge in [-0.3, -0.25) is 4.79 Å². The Hall–Kier alpha value is -3.04. The molecular formula is C22H22N2O3S. The Bertz CT molecular complexity index is 1150. The Balaban J connectivity index is 2.10. The molecule has 0 N–H and O–H groups in total. The summed E-state index contributed by atoms with van der Waals surface area (Å²) in [7, 11) is 3.20. The van der Waals surface area contributed by atoms with Crippen LogP contribution in [-0.2, 0) is 17.8 Å². The van der Waals surface area contributed by atoms with Crippen LogP contribution in [0.1, 0.15) is 16.7 Å². The first kappa shape index (κ1) is 19.7. The lowest BCUT2D eigenvalue weighted by Gasteiger charge is -2.08. The van der Waals surface area contributed by atoms with E-state index in [2.05, 4.69) is 10.9 Å². The van der Waals surface area contributed by atoms with E-state index >= 15 is 0 Å². The lowest BCUT2D eigenvalue weighted by atomic mass is 10.0. The molecule has 3 aromatic rings. The molecule has 6 heteroatoms. The van der Waals surface area contributed by atoms with Crippen LogP contribution in [0.4, 0.5) is 0 Å². The van der Waals surface area contributed by atoms with Crippen LogP contribution in [0, 0.1) is 26.2 Å². The molecule has 0 fully saturated rings. The molecule has 0 saturated heterocycles. The topological polar surface area (TPSA) is 52.8 Å². The highest BCUT2D eigenvalue weighted by Gasteiger charge is 2.16. The lowest BCUT2D eigenvalue weighted by molar-refractivity contribution is -0.117. The number of ether oxygens (including phenoxy) is 2. The first-order valence-electron chi connectivity index (χ1n) is 8.80. The van der Waals surface area contributed by atoms with Crippen molar-refractivity contribution in [1.29, 1.82) is 0 Å². The van der Waals surface area contributed by atoms with Gasteiger partial charge in [0.05, 0.1) is 27.2 Å². The second-order valence-corrected chi connectivity index (χ2v) is 7.40. The fraction of sp³-hybridized carbons (Fsp3) is 0.273. The highest BCUT2D eigenvalue weighted by atomic mass is 32.1. The number of hydrogen-bond acceptors (Lipinski definition) is 4. The van der Waals surface area contributed by atoms with Crippen LogP contribution < -0.4 is 14.3 Å². The molecule has 0 spiro atoms. The number of aryl methyl sites for hydroxylation is 2. The molecular weight excluding hydrogens is 372 g/mol. The zero-order chi connectivity index (χ0) is 20.3. The van der Waals surface area contributed by atoms with Gasteiger partial charge in [-0.2, -0.15) is 4.99 Å². The number of methoxy groups -OCH3 is 2. The summed E-state index contributed by atoms with van der Waals surface area (Å²) in [4.78, 5) is 17.5. The number of aromatic nitrogens is 1.